The van der Waals surface area contributed by atoms with Crippen molar-refractivity contribution in [2.45, 2.75) is 42.5 Å². The number of benzene rings is 1. The third-order valence-corrected chi connectivity index (χ3v) is 4.86. The van der Waals surface area contributed by atoms with Crippen molar-refractivity contribution in [3.05, 3.63) is 36.4 Å². The highest BCUT2D eigenvalue weighted by atomic mass is 32.2. The van der Waals surface area contributed by atoms with E-state index < -0.39 is 0 Å². The Morgan fingerprint density at radius 1 is 1.43 bits per heavy atom. The summed E-state index contributed by atoms with van der Waals surface area (Å²) >= 11 is 1.52. The third kappa shape index (κ3) is 4.04. The van der Waals surface area contributed by atoms with Crippen molar-refractivity contribution in [1.29, 1.82) is 0 Å². The first-order valence-corrected chi connectivity index (χ1v) is 8.52. The van der Waals surface area contributed by atoms with Gasteiger partial charge in [-0.2, -0.15) is 0 Å². The average Bonchev–Trinajstić information content (AvgIpc) is 3.31. The summed E-state index contributed by atoms with van der Waals surface area (Å²) in [6.45, 7) is 2.32. The summed E-state index contributed by atoms with van der Waals surface area (Å²) in [5, 5.41) is 10.8. The van der Waals surface area contributed by atoms with Crippen LogP contribution in [0.4, 0.5) is 0 Å². The second-order valence-corrected chi connectivity index (χ2v) is 6.95. The Labute approximate surface area is 139 Å². The van der Waals surface area contributed by atoms with Gasteiger partial charge in [0.05, 0.1) is 18.9 Å². The van der Waals surface area contributed by atoms with Crippen LogP contribution < -0.4 is 10.1 Å². The molecular formula is C16H20N4O2S. The molecule has 1 unspecified atom stereocenters. The molecule has 1 heterocycles. The lowest BCUT2D eigenvalue weighted by atomic mass is 10.3. The van der Waals surface area contributed by atoms with E-state index in [1.54, 1.807) is 13.4 Å². The van der Waals surface area contributed by atoms with Gasteiger partial charge in [-0.05, 0) is 44.0 Å². The smallest absolute Gasteiger partial charge is 0.233 e. The van der Waals surface area contributed by atoms with Crippen LogP contribution in [0.1, 0.15) is 31.6 Å². The SMILES string of the molecule is COc1ccc(SC(C)C(=O)NCc2nncn2C2CC2)cc1. The fourth-order valence-corrected chi connectivity index (χ4v) is 3.16. The van der Waals surface area contributed by atoms with Gasteiger partial charge in [0.15, 0.2) is 5.82 Å². The first-order chi connectivity index (χ1) is 11.2. The van der Waals surface area contributed by atoms with Crippen molar-refractivity contribution in [3.63, 3.8) is 0 Å². The van der Waals surface area contributed by atoms with E-state index in [1.165, 1.54) is 24.6 Å². The summed E-state index contributed by atoms with van der Waals surface area (Å²) in [7, 11) is 1.64. The molecule has 2 aromatic rings. The zero-order valence-electron chi connectivity index (χ0n) is 13.2. The molecule has 0 bridgehead atoms. The van der Waals surface area contributed by atoms with Gasteiger partial charge in [0.2, 0.25) is 5.91 Å². The molecule has 122 valence electrons. The molecule has 0 radical (unpaired) electrons. The summed E-state index contributed by atoms with van der Waals surface area (Å²) in [6, 6.07) is 8.22. The molecule has 1 saturated carbocycles. The van der Waals surface area contributed by atoms with Crippen LogP contribution in [0.15, 0.2) is 35.5 Å². The number of aromatic nitrogens is 3. The molecule has 1 N–H and O–H groups in total. The first kappa shape index (κ1) is 15.9. The van der Waals surface area contributed by atoms with Crippen molar-refractivity contribution in [2.24, 2.45) is 0 Å². The zero-order valence-corrected chi connectivity index (χ0v) is 14.0. The van der Waals surface area contributed by atoms with Gasteiger partial charge < -0.3 is 14.6 Å². The molecule has 3 rings (SSSR count). The Bertz CT molecular complexity index is 667. The Morgan fingerprint density at radius 2 is 2.17 bits per heavy atom. The van der Waals surface area contributed by atoms with E-state index in [9.17, 15) is 4.79 Å². The van der Waals surface area contributed by atoms with Crippen LogP contribution in [0, 0.1) is 0 Å². The van der Waals surface area contributed by atoms with E-state index in [0.717, 1.165) is 16.5 Å². The van der Waals surface area contributed by atoms with Gasteiger partial charge in [-0.1, -0.05) is 0 Å². The van der Waals surface area contributed by atoms with Crippen molar-refractivity contribution >= 4 is 17.7 Å². The van der Waals surface area contributed by atoms with Crippen molar-refractivity contribution < 1.29 is 9.53 Å². The maximum atomic E-state index is 12.2. The standard InChI is InChI=1S/C16H20N4O2S/c1-11(23-14-7-5-13(22-2)6-8-14)16(21)17-9-15-19-18-10-20(15)12-3-4-12/h5-8,10-12H,3-4,9H2,1-2H3,(H,17,21). The second kappa shape index (κ2) is 7.04. The van der Waals surface area contributed by atoms with Crippen LogP contribution >= 0.6 is 11.8 Å². The van der Waals surface area contributed by atoms with Crippen LogP contribution in [-0.4, -0.2) is 33.0 Å². The summed E-state index contributed by atoms with van der Waals surface area (Å²) in [5.41, 5.74) is 0. The highest BCUT2D eigenvalue weighted by Gasteiger charge is 2.26. The molecule has 7 heteroatoms. The lowest BCUT2D eigenvalue weighted by Gasteiger charge is -2.12. The quantitative estimate of drug-likeness (QED) is 0.789. The molecule has 0 spiro atoms. The molecule has 1 amide bonds. The van der Waals surface area contributed by atoms with Crippen LogP contribution in [0.2, 0.25) is 0 Å². The van der Waals surface area contributed by atoms with Crippen molar-refractivity contribution in [1.82, 2.24) is 20.1 Å². The topological polar surface area (TPSA) is 69.0 Å². The minimum absolute atomic E-state index is 0.00355. The molecule has 0 saturated heterocycles. The Balaban J connectivity index is 1.51. The maximum Gasteiger partial charge on any atom is 0.233 e. The van der Waals surface area contributed by atoms with Gasteiger partial charge in [0.1, 0.15) is 12.1 Å². The summed E-state index contributed by atoms with van der Waals surface area (Å²) in [6.07, 6.45) is 4.08. The molecule has 23 heavy (non-hydrogen) atoms. The number of thioether (sulfide) groups is 1. The minimum Gasteiger partial charge on any atom is -0.497 e. The Kier molecular flexibility index (Phi) is 4.85. The van der Waals surface area contributed by atoms with Crippen LogP contribution in [-0.2, 0) is 11.3 Å². The summed E-state index contributed by atoms with van der Waals surface area (Å²) in [5.74, 6) is 1.63. The molecule has 1 aromatic heterocycles. The predicted octanol–water partition coefficient (Wildman–Crippen LogP) is 2.42. The number of nitrogens with one attached hydrogen (secondary N) is 1. The van der Waals surface area contributed by atoms with Gasteiger partial charge in [0, 0.05) is 10.9 Å². The number of carbonyl (C=O) groups excluding carboxylic acids is 1. The van der Waals surface area contributed by atoms with Crippen LogP contribution in [0.3, 0.4) is 0 Å². The number of amides is 1. The van der Waals surface area contributed by atoms with Crippen LogP contribution in [0.5, 0.6) is 5.75 Å². The van der Waals surface area contributed by atoms with Gasteiger partial charge in [-0.3, -0.25) is 4.79 Å². The fraction of sp³-hybridized carbons (Fsp3) is 0.438. The number of ether oxygens (including phenoxy) is 1. The van der Waals surface area contributed by atoms with E-state index in [2.05, 4.69) is 20.1 Å². The van der Waals surface area contributed by atoms with Crippen molar-refractivity contribution in [2.75, 3.05) is 7.11 Å². The van der Waals surface area contributed by atoms with Gasteiger partial charge in [0.25, 0.3) is 0 Å². The van der Waals surface area contributed by atoms with Gasteiger partial charge >= 0.3 is 0 Å². The second-order valence-electron chi connectivity index (χ2n) is 5.54. The number of hydrogen-bond acceptors (Lipinski definition) is 5. The van der Waals surface area contributed by atoms with E-state index in [4.69, 9.17) is 4.74 Å². The molecular weight excluding hydrogens is 312 g/mol. The maximum absolute atomic E-state index is 12.2. The number of nitrogens with zero attached hydrogens (tertiary/aromatic N) is 3. The lowest BCUT2D eigenvalue weighted by Crippen LogP contribution is -2.31. The van der Waals surface area contributed by atoms with Crippen molar-refractivity contribution in [3.8, 4) is 5.75 Å². The largest absolute Gasteiger partial charge is 0.497 e. The normalized spacial score (nSPS) is 15.2. The molecule has 1 aliphatic rings. The predicted molar refractivity (Wildman–Crippen MR) is 88.5 cm³/mol. The molecule has 1 aliphatic carbocycles. The number of rotatable bonds is 7. The highest BCUT2D eigenvalue weighted by molar-refractivity contribution is 8.00. The highest BCUT2D eigenvalue weighted by Crippen LogP contribution is 2.35. The van der Waals surface area contributed by atoms with E-state index >= 15 is 0 Å². The van der Waals surface area contributed by atoms with Crippen LogP contribution in [0.25, 0.3) is 0 Å². The van der Waals surface area contributed by atoms with Gasteiger partial charge in [-0.15, -0.1) is 22.0 Å². The van der Waals surface area contributed by atoms with Gasteiger partial charge in [-0.25, -0.2) is 0 Å². The number of carbonyl (C=O) groups is 1. The Hall–Kier alpha value is -2.02. The zero-order chi connectivity index (χ0) is 16.2. The number of hydrogen-bond donors (Lipinski definition) is 1. The monoisotopic (exact) mass is 332 g/mol. The summed E-state index contributed by atoms with van der Waals surface area (Å²) < 4.78 is 7.19. The molecule has 1 aromatic carbocycles. The molecule has 6 nitrogen and oxygen atoms in total. The number of methoxy groups -OCH3 is 1. The molecule has 0 aliphatic heterocycles. The van der Waals surface area contributed by atoms with E-state index in [1.807, 2.05) is 31.2 Å². The average molecular weight is 332 g/mol. The minimum atomic E-state index is -0.180. The third-order valence-electron chi connectivity index (χ3n) is 3.75. The van der Waals surface area contributed by atoms with E-state index in [-0.39, 0.29) is 11.2 Å². The summed E-state index contributed by atoms with van der Waals surface area (Å²) in [4.78, 5) is 13.3. The van der Waals surface area contributed by atoms with E-state index in [0.29, 0.717) is 12.6 Å². The lowest BCUT2D eigenvalue weighted by molar-refractivity contribution is -0.120. The fourth-order valence-electron chi connectivity index (χ4n) is 2.27. The molecule has 1 atom stereocenters. The molecule has 1 fully saturated rings. The Morgan fingerprint density at radius 3 is 2.83 bits per heavy atom. The first-order valence-electron chi connectivity index (χ1n) is 7.64.